The Bertz CT molecular complexity index is 490. The van der Waals surface area contributed by atoms with E-state index < -0.39 is 5.82 Å². The Morgan fingerprint density at radius 3 is 2.95 bits per heavy atom. The van der Waals surface area contributed by atoms with Gasteiger partial charge in [-0.05, 0) is 34.8 Å². The van der Waals surface area contributed by atoms with E-state index in [9.17, 15) is 9.18 Å². The molecule has 3 nitrogen and oxygen atoms in total. The normalized spacial score (nSPS) is 22.5. The molecule has 2 atom stereocenters. The molecule has 1 heterocycles. The van der Waals surface area contributed by atoms with Crippen LogP contribution in [0.4, 0.5) is 4.39 Å². The number of carbonyl (C=O) groups is 1. The number of methoxy groups -OCH3 is 1. The number of halogens is 2. The maximum atomic E-state index is 13.5. The molecule has 1 saturated heterocycles. The zero-order valence-electron chi connectivity index (χ0n) is 10.9. The lowest BCUT2D eigenvalue weighted by atomic mass is 9.90. The lowest BCUT2D eigenvalue weighted by Gasteiger charge is -2.17. The molecule has 1 aromatic rings. The van der Waals surface area contributed by atoms with Crippen molar-refractivity contribution in [3.63, 3.8) is 0 Å². The molecule has 19 heavy (non-hydrogen) atoms. The van der Waals surface area contributed by atoms with E-state index in [1.54, 1.807) is 0 Å². The van der Waals surface area contributed by atoms with Crippen LogP contribution in [0, 0.1) is 11.7 Å². The summed E-state index contributed by atoms with van der Waals surface area (Å²) in [5.41, 5.74) is 0.407. The second-order valence-electron chi connectivity index (χ2n) is 4.54. The predicted molar refractivity (Wildman–Crippen MR) is 73.1 cm³/mol. The van der Waals surface area contributed by atoms with Crippen LogP contribution in [-0.4, -0.2) is 25.6 Å². The second-order valence-corrected chi connectivity index (χ2v) is 5.40. The number of rotatable bonds is 4. The average Bonchev–Trinajstić information content (AvgIpc) is 2.88. The van der Waals surface area contributed by atoms with Crippen LogP contribution in [0.2, 0.25) is 0 Å². The molecule has 2 rings (SSSR count). The topological polar surface area (TPSA) is 35.5 Å². The van der Waals surface area contributed by atoms with Crippen LogP contribution in [0.25, 0.3) is 0 Å². The van der Waals surface area contributed by atoms with Crippen LogP contribution in [0.5, 0.6) is 5.75 Å². The Kier molecular flexibility index (Phi) is 4.58. The van der Waals surface area contributed by atoms with Crippen LogP contribution in [-0.2, 0) is 4.74 Å². The van der Waals surface area contributed by atoms with E-state index in [1.807, 2.05) is 6.92 Å². The van der Waals surface area contributed by atoms with Crippen LogP contribution in [0.1, 0.15) is 30.1 Å². The minimum Gasteiger partial charge on any atom is -0.496 e. The van der Waals surface area contributed by atoms with Gasteiger partial charge < -0.3 is 9.47 Å². The molecule has 0 amide bonds. The minimum atomic E-state index is -0.442. The molecule has 1 aromatic carbocycles. The van der Waals surface area contributed by atoms with E-state index in [1.165, 1.54) is 19.2 Å². The van der Waals surface area contributed by atoms with Gasteiger partial charge in [-0.1, -0.05) is 6.92 Å². The fourth-order valence-electron chi connectivity index (χ4n) is 2.44. The Morgan fingerprint density at radius 1 is 1.58 bits per heavy atom. The maximum absolute atomic E-state index is 13.5. The molecule has 104 valence electrons. The van der Waals surface area contributed by atoms with Gasteiger partial charge in [0.15, 0.2) is 5.78 Å². The Balaban J connectivity index is 2.35. The van der Waals surface area contributed by atoms with Gasteiger partial charge >= 0.3 is 0 Å². The number of ether oxygens (including phenoxy) is 2. The average molecular weight is 331 g/mol. The molecule has 0 aliphatic carbocycles. The quantitative estimate of drug-likeness (QED) is 0.791. The highest BCUT2D eigenvalue weighted by Gasteiger charge is 2.34. The fourth-order valence-corrected chi connectivity index (χ4v) is 2.78. The summed E-state index contributed by atoms with van der Waals surface area (Å²) in [6.45, 7) is 2.59. The maximum Gasteiger partial charge on any atom is 0.172 e. The fraction of sp³-hybridized carbons (Fsp3) is 0.500. The molecule has 0 N–H and O–H groups in total. The molecule has 0 aromatic heterocycles. The number of hydrogen-bond donors (Lipinski definition) is 0. The van der Waals surface area contributed by atoms with Crippen LogP contribution in [0.3, 0.4) is 0 Å². The summed E-state index contributed by atoms with van der Waals surface area (Å²) in [6, 6.07) is 2.72. The molecule has 0 spiro atoms. The number of hydrogen-bond acceptors (Lipinski definition) is 3. The smallest absolute Gasteiger partial charge is 0.172 e. The Hall–Kier alpha value is -0.940. The number of carbonyl (C=O) groups excluding carboxylic acids is 1. The molecule has 0 bridgehead atoms. The van der Waals surface area contributed by atoms with E-state index >= 15 is 0 Å². The Morgan fingerprint density at radius 2 is 2.32 bits per heavy atom. The van der Waals surface area contributed by atoms with E-state index in [4.69, 9.17) is 9.47 Å². The van der Waals surface area contributed by atoms with Gasteiger partial charge in [-0.15, -0.1) is 0 Å². The minimum absolute atomic E-state index is 0.0399. The van der Waals surface area contributed by atoms with Crippen molar-refractivity contribution < 1.29 is 18.7 Å². The first-order valence-corrected chi connectivity index (χ1v) is 7.06. The standard InChI is InChI=1S/C14H16BrFO3/c1-3-12-8(4-5-19-12)14(17)9-6-10(15)11(16)7-13(9)18-2/h6-8,12H,3-5H2,1-2H3. The van der Waals surface area contributed by atoms with E-state index in [0.29, 0.717) is 18.6 Å². The van der Waals surface area contributed by atoms with E-state index in [2.05, 4.69) is 15.9 Å². The van der Waals surface area contributed by atoms with Gasteiger partial charge in [0.2, 0.25) is 0 Å². The van der Waals surface area contributed by atoms with Gasteiger partial charge in [-0.2, -0.15) is 0 Å². The van der Waals surface area contributed by atoms with Crippen molar-refractivity contribution >= 4 is 21.7 Å². The summed E-state index contributed by atoms with van der Waals surface area (Å²) in [5.74, 6) is -0.381. The zero-order valence-corrected chi connectivity index (χ0v) is 12.5. The monoisotopic (exact) mass is 330 g/mol. The lowest BCUT2D eigenvalue weighted by molar-refractivity contribution is 0.0687. The molecule has 5 heteroatoms. The molecular formula is C14H16BrFO3. The first kappa shape index (κ1) is 14.5. The van der Waals surface area contributed by atoms with Crippen molar-refractivity contribution in [2.24, 2.45) is 5.92 Å². The first-order valence-electron chi connectivity index (χ1n) is 6.27. The molecule has 2 unspecified atom stereocenters. The van der Waals surface area contributed by atoms with Crippen molar-refractivity contribution in [1.29, 1.82) is 0 Å². The highest BCUT2D eigenvalue weighted by molar-refractivity contribution is 9.10. The summed E-state index contributed by atoms with van der Waals surface area (Å²) >= 11 is 3.10. The van der Waals surface area contributed by atoms with Crippen molar-refractivity contribution in [2.45, 2.75) is 25.9 Å². The third-order valence-electron chi connectivity index (χ3n) is 3.46. The summed E-state index contributed by atoms with van der Waals surface area (Å²) < 4.78 is 24.4. The summed E-state index contributed by atoms with van der Waals surface area (Å²) in [4.78, 5) is 12.6. The van der Waals surface area contributed by atoms with Crippen molar-refractivity contribution in [3.8, 4) is 5.75 Å². The summed E-state index contributed by atoms with van der Waals surface area (Å²) in [6.07, 6.45) is 1.44. The van der Waals surface area contributed by atoms with Crippen molar-refractivity contribution in [2.75, 3.05) is 13.7 Å². The largest absolute Gasteiger partial charge is 0.496 e. The SMILES string of the molecule is CCC1OCCC1C(=O)c1cc(Br)c(F)cc1OC. The third kappa shape index (κ3) is 2.82. The van der Waals surface area contributed by atoms with Gasteiger partial charge in [-0.25, -0.2) is 4.39 Å². The van der Waals surface area contributed by atoms with E-state index in [0.717, 1.165) is 6.42 Å². The van der Waals surface area contributed by atoms with Crippen molar-refractivity contribution in [3.05, 3.63) is 28.0 Å². The first-order chi connectivity index (χ1) is 9.08. The van der Waals surface area contributed by atoms with Crippen molar-refractivity contribution in [1.82, 2.24) is 0 Å². The highest BCUT2D eigenvalue weighted by atomic mass is 79.9. The molecule has 0 saturated carbocycles. The van der Waals surface area contributed by atoms with Crippen LogP contribution < -0.4 is 4.74 Å². The molecule has 1 aliphatic heterocycles. The molecule has 1 fully saturated rings. The van der Waals surface area contributed by atoms with E-state index in [-0.39, 0.29) is 28.0 Å². The number of Topliss-reactive ketones (excluding diaryl/α,β-unsaturated/α-hetero) is 1. The summed E-state index contributed by atoms with van der Waals surface area (Å²) in [7, 11) is 1.43. The number of ketones is 1. The molecular weight excluding hydrogens is 315 g/mol. The van der Waals surface area contributed by atoms with Gasteiger partial charge in [0, 0.05) is 12.7 Å². The lowest BCUT2D eigenvalue weighted by Crippen LogP contribution is -2.24. The Labute approximate surface area is 120 Å². The zero-order chi connectivity index (χ0) is 14.0. The molecule has 0 radical (unpaired) electrons. The molecule has 1 aliphatic rings. The predicted octanol–water partition coefficient (Wildman–Crippen LogP) is 3.59. The van der Waals surface area contributed by atoms with Crippen LogP contribution >= 0.6 is 15.9 Å². The van der Waals surface area contributed by atoms with Crippen LogP contribution in [0.15, 0.2) is 16.6 Å². The second kappa shape index (κ2) is 6.01. The highest BCUT2D eigenvalue weighted by Crippen LogP contribution is 2.33. The van der Waals surface area contributed by atoms with Gasteiger partial charge in [0.05, 0.1) is 29.2 Å². The number of benzene rings is 1. The third-order valence-corrected chi connectivity index (χ3v) is 4.06. The van der Waals surface area contributed by atoms with Gasteiger partial charge in [0.1, 0.15) is 11.6 Å². The van der Waals surface area contributed by atoms with Gasteiger partial charge in [0.25, 0.3) is 0 Å². The van der Waals surface area contributed by atoms with Gasteiger partial charge in [-0.3, -0.25) is 4.79 Å². The summed E-state index contributed by atoms with van der Waals surface area (Å²) in [5, 5.41) is 0.